The van der Waals surface area contributed by atoms with Crippen molar-refractivity contribution in [2.75, 3.05) is 53.6 Å². The van der Waals surface area contributed by atoms with Gasteiger partial charge in [0.05, 0.1) is 54.6 Å². The number of thiazole rings is 1. The zero-order valence-corrected chi connectivity index (χ0v) is 20.6. The molecule has 1 atom stereocenters. The standard InChI is InChI=1S/C24H29N3O6S/c1-14-23(34-15(2)25-14)21(28)19-20(17-13-16(31-3)5-6-18(17)32-4)27(24(30)22(19)29)8-7-26-9-11-33-12-10-26/h5-6,13,20,29H,7-12H2,1-4H3/t20-/m1/s1. The van der Waals surface area contributed by atoms with E-state index in [2.05, 4.69) is 9.88 Å². The fourth-order valence-electron chi connectivity index (χ4n) is 4.43. The number of aliphatic hydroxyl groups excluding tert-OH is 1. The van der Waals surface area contributed by atoms with Crippen LogP contribution in [0.25, 0.3) is 0 Å². The van der Waals surface area contributed by atoms with Gasteiger partial charge in [-0.25, -0.2) is 4.98 Å². The summed E-state index contributed by atoms with van der Waals surface area (Å²) in [6, 6.07) is 4.40. The molecule has 4 rings (SSSR count). The van der Waals surface area contributed by atoms with Gasteiger partial charge in [0.1, 0.15) is 11.5 Å². The molecule has 1 aromatic carbocycles. The van der Waals surface area contributed by atoms with E-state index in [4.69, 9.17) is 14.2 Å². The van der Waals surface area contributed by atoms with Gasteiger partial charge in [0.15, 0.2) is 5.76 Å². The molecule has 0 bridgehead atoms. The third-order valence-corrected chi connectivity index (χ3v) is 7.22. The van der Waals surface area contributed by atoms with Crippen LogP contribution in [-0.2, 0) is 9.53 Å². The molecule has 9 nitrogen and oxygen atoms in total. The summed E-state index contributed by atoms with van der Waals surface area (Å²) in [5.74, 6) is -0.470. The predicted molar refractivity (Wildman–Crippen MR) is 127 cm³/mol. The molecule has 34 heavy (non-hydrogen) atoms. The van der Waals surface area contributed by atoms with Crippen LogP contribution in [-0.4, -0.2) is 85.2 Å². The van der Waals surface area contributed by atoms with Gasteiger partial charge in [-0.1, -0.05) is 0 Å². The molecule has 0 spiro atoms. The minimum absolute atomic E-state index is 0.0327. The Morgan fingerprint density at radius 2 is 1.94 bits per heavy atom. The largest absolute Gasteiger partial charge is 0.503 e. The number of aryl methyl sites for hydroxylation is 2. The van der Waals surface area contributed by atoms with Gasteiger partial charge >= 0.3 is 0 Å². The summed E-state index contributed by atoms with van der Waals surface area (Å²) < 4.78 is 16.4. The van der Waals surface area contributed by atoms with E-state index >= 15 is 0 Å². The van der Waals surface area contributed by atoms with Crippen molar-refractivity contribution in [2.45, 2.75) is 19.9 Å². The Morgan fingerprint density at radius 1 is 1.21 bits per heavy atom. The molecule has 0 radical (unpaired) electrons. The number of rotatable bonds is 8. The van der Waals surface area contributed by atoms with Crippen LogP contribution in [0.4, 0.5) is 0 Å². The average molecular weight is 488 g/mol. The predicted octanol–water partition coefficient (Wildman–Crippen LogP) is 2.69. The number of carbonyl (C=O) groups excluding carboxylic acids is 2. The highest BCUT2D eigenvalue weighted by molar-refractivity contribution is 7.14. The van der Waals surface area contributed by atoms with E-state index in [1.165, 1.54) is 18.4 Å². The highest BCUT2D eigenvalue weighted by atomic mass is 32.1. The first-order valence-corrected chi connectivity index (χ1v) is 11.9. The Balaban J connectivity index is 1.78. The SMILES string of the molecule is COc1ccc(OC)c([C@@H]2C(C(=O)c3sc(C)nc3C)=C(O)C(=O)N2CCN2CCOCC2)c1. The lowest BCUT2D eigenvalue weighted by atomic mass is 9.94. The molecular formula is C24H29N3O6S. The van der Waals surface area contributed by atoms with Crippen LogP contribution in [0.2, 0.25) is 0 Å². The lowest BCUT2D eigenvalue weighted by Gasteiger charge is -2.32. The fraction of sp³-hybridized carbons (Fsp3) is 0.458. The van der Waals surface area contributed by atoms with Crippen LogP contribution >= 0.6 is 11.3 Å². The molecule has 0 saturated carbocycles. The number of benzene rings is 1. The summed E-state index contributed by atoms with van der Waals surface area (Å²) in [7, 11) is 3.08. The summed E-state index contributed by atoms with van der Waals surface area (Å²) in [5, 5.41) is 11.7. The van der Waals surface area contributed by atoms with Crippen molar-refractivity contribution in [3.8, 4) is 11.5 Å². The average Bonchev–Trinajstić information content (AvgIpc) is 3.32. The van der Waals surface area contributed by atoms with Crippen LogP contribution < -0.4 is 9.47 Å². The fourth-order valence-corrected chi connectivity index (χ4v) is 5.30. The number of aliphatic hydroxyl groups is 1. The summed E-state index contributed by atoms with van der Waals surface area (Å²) in [6.45, 7) is 7.29. The van der Waals surface area contributed by atoms with Crippen molar-refractivity contribution in [1.29, 1.82) is 0 Å². The second-order valence-electron chi connectivity index (χ2n) is 8.20. The van der Waals surface area contributed by atoms with Crippen molar-refractivity contribution in [1.82, 2.24) is 14.8 Å². The number of Topliss-reactive ketones (excluding diaryl/α,β-unsaturated/α-hetero) is 1. The van der Waals surface area contributed by atoms with Gasteiger partial charge in [0.25, 0.3) is 5.91 Å². The third-order valence-electron chi connectivity index (χ3n) is 6.15. The van der Waals surface area contributed by atoms with Gasteiger partial charge in [-0.05, 0) is 32.0 Å². The molecule has 1 saturated heterocycles. The van der Waals surface area contributed by atoms with E-state index in [-0.39, 0.29) is 5.57 Å². The Hall–Kier alpha value is -2.95. The molecule has 2 aliphatic heterocycles. The van der Waals surface area contributed by atoms with E-state index in [0.29, 0.717) is 53.9 Å². The van der Waals surface area contributed by atoms with Crippen LogP contribution in [0, 0.1) is 13.8 Å². The van der Waals surface area contributed by atoms with Crippen LogP contribution in [0.15, 0.2) is 29.5 Å². The lowest BCUT2D eigenvalue weighted by molar-refractivity contribution is -0.129. The molecule has 10 heteroatoms. The van der Waals surface area contributed by atoms with Gasteiger partial charge in [-0.3, -0.25) is 14.5 Å². The number of ketones is 1. The van der Waals surface area contributed by atoms with Gasteiger partial charge in [0, 0.05) is 31.7 Å². The Morgan fingerprint density at radius 3 is 2.56 bits per heavy atom. The van der Waals surface area contributed by atoms with Crippen molar-refractivity contribution in [2.24, 2.45) is 0 Å². The Kier molecular flexibility index (Phi) is 7.20. The second kappa shape index (κ2) is 10.1. The van der Waals surface area contributed by atoms with Gasteiger partial charge < -0.3 is 24.2 Å². The van der Waals surface area contributed by atoms with Crippen molar-refractivity contribution >= 4 is 23.0 Å². The Labute approximate surface area is 202 Å². The summed E-state index contributed by atoms with van der Waals surface area (Å²) >= 11 is 1.25. The first-order valence-electron chi connectivity index (χ1n) is 11.1. The van der Waals surface area contributed by atoms with Crippen molar-refractivity contribution < 1.29 is 28.9 Å². The van der Waals surface area contributed by atoms with Gasteiger partial charge in [-0.15, -0.1) is 11.3 Å². The molecule has 182 valence electrons. The number of methoxy groups -OCH3 is 2. The summed E-state index contributed by atoms with van der Waals surface area (Å²) in [4.78, 5) is 35.5. The zero-order chi connectivity index (χ0) is 24.4. The monoisotopic (exact) mass is 487 g/mol. The van der Waals surface area contributed by atoms with Crippen molar-refractivity contribution in [3.05, 3.63) is 50.7 Å². The number of carbonyl (C=O) groups is 2. The molecule has 0 aliphatic carbocycles. The topological polar surface area (TPSA) is 101 Å². The van der Waals surface area contributed by atoms with E-state index in [1.807, 2.05) is 6.92 Å². The normalized spacial score (nSPS) is 19.1. The highest BCUT2D eigenvalue weighted by Crippen LogP contribution is 2.44. The quantitative estimate of drug-likeness (QED) is 0.567. The van der Waals surface area contributed by atoms with E-state index in [9.17, 15) is 14.7 Å². The van der Waals surface area contributed by atoms with E-state index < -0.39 is 23.5 Å². The first-order chi connectivity index (χ1) is 16.3. The van der Waals surface area contributed by atoms with Gasteiger partial charge in [0.2, 0.25) is 5.78 Å². The summed E-state index contributed by atoms with van der Waals surface area (Å²) in [5.41, 5.74) is 1.18. The zero-order valence-electron chi connectivity index (χ0n) is 19.8. The third kappa shape index (κ3) is 4.53. The maximum Gasteiger partial charge on any atom is 0.290 e. The number of ether oxygens (including phenoxy) is 3. The number of morpholine rings is 1. The van der Waals surface area contributed by atoms with E-state index in [1.54, 1.807) is 37.1 Å². The van der Waals surface area contributed by atoms with Crippen LogP contribution in [0.1, 0.15) is 32.0 Å². The van der Waals surface area contributed by atoms with Gasteiger partial charge in [-0.2, -0.15) is 0 Å². The number of amides is 1. The van der Waals surface area contributed by atoms with E-state index in [0.717, 1.165) is 18.1 Å². The highest BCUT2D eigenvalue weighted by Gasteiger charge is 2.45. The molecular weight excluding hydrogens is 458 g/mol. The minimum atomic E-state index is -0.826. The maximum absolute atomic E-state index is 13.7. The smallest absolute Gasteiger partial charge is 0.290 e. The molecule has 2 aliphatic rings. The number of aromatic nitrogens is 1. The molecule has 1 amide bonds. The van der Waals surface area contributed by atoms with Crippen molar-refractivity contribution in [3.63, 3.8) is 0 Å². The lowest BCUT2D eigenvalue weighted by Crippen LogP contribution is -2.43. The maximum atomic E-state index is 13.7. The summed E-state index contributed by atoms with van der Waals surface area (Å²) in [6.07, 6.45) is 0. The molecule has 3 heterocycles. The molecule has 2 aromatic rings. The number of hydrogen-bond donors (Lipinski definition) is 1. The first kappa shape index (κ1) is 24.2. The Bertz CT molecular complexity index is 1120. The second-order valence-corrected chi connectivity index (χ2v) is 9.40. The molecule has 0 unspecified atom stereocenters. The molecule has 1 aromatic heterocycles. The molecule has 1 fully saturated rings. The minimum Gasteiger partial charge on any atom is -0.503 e. The van der Waals surface area contributed by atoms with Crippen LogP contribution in [0.3, 0.4) is 0 Å². The molecule has 1 N–H and O–H groups in total. The number of nitrogens with zero attached hydrogens (tertiary/aromatic N) is 3. The number of hydrogen-bond acceptors (Lipinski definition) is 9. The van der Waals surface area contributed by atoms with Crippen LogP contribution in [0.5, 0.6) is 11.5 Å².